The Morgan fingerprint density at radius 2 is 1.76 bits per heavy atom. The summed E-state index contributed by atoms with van der Waals surface area (Å²) in [6.07, 6.45) is 0.993. The van der Waals surface area contributed by atoms with Gasteiger partial charge in [-0.2, -0.15) is 13.2 Å². The maximum atomic E-state index is 11.9. The highest BCUT2D eigenvalue weighted by Crippen LogP contribution is 2.21. The van der Waals surface area contributed by atoms with Gasteiger partial charge >= 0.3 is 5.51 Å². The first-order valence-electron chi connectivity index (χ1n) is 4.21. The number of benzene rings is 1. The summed E-state index contributed by atoms with van der Waals surface area (Å²) in [5.41, 5.74) is -4.66. The van der Waals surface area contributed by atoms with Crippen molar-refractivity contribution < 1.29 is 22.3 Å². The quantitative estimate of drug-likeness (QED) is 0.623. The van der Waals surface area contributed by atoms with Crippen LogP contribution in [0.1, 0.15) is 5.56 Å². The van der Waals surface area contributed by atoms with E-state index >= 15 is 0 Å². The van der Waals surface area contributed by atoms with E-state index in [0.717, 1.165) is 18.2 Å². The number of hydrogen-bond acceptors (Lipinski definition) is 3. The van der Waals surface area contributed by atoms with E-state index in [4.69, 9.17) is 0 Å². The number of hydrogen-bond donors (Lipinski definition) is 0. The number of halogens is 3. The fourth-order valence-electron chi connectivity index (χ4n) is 0.925. The van der Waals surface area contributed by atoms with E-state index in [-0.39, 0.29) is 5.69 Å². The molecule has 92 valence electrons. The SMILES string of the molecule is O=[N+]([O-])c1ccc(/C=C/S(=O)C(F)(F)F)cc1. The molecular weight excluding hydrogens is 259 g/mol. The van der Waals surface area contributed by atoms with Gasteiger partial charge in [-0.1, -0.05) is 0 Å². The van der Waals surface area contributed by atoms with E-state index in [0.29, 0.717) is 11.0 Å². The summed E-state index contributed by atoms with van der Waals surface area (Å²) in [7, 11) is -3.07. The summed E-state index contributed by atoms with van der Waals surface area (Å²) in [6, 6.07) is 4.83. The number of nitrogens with zero attached hydrogens (tertiary/aromatic N) is 1. The molecule has 1 aromatic rings. The van der Waals surface area contributed by atoms with Crippen LogP contribution < -0.4 is 0 Å². The highest BCUT2D eigenvalue weighted by molar-refractivity contribution is 7.89. The lowest BCUT2D eigenvalue weighted by molar-refractivity contribution is -0.384. The van der Waals surface area contributed by atoms with Crippen molar-refractivity contribution in [1.82, 2.24) is 0 Å². The topological polar surface area (TPSA) is 60.2 Å². The first-order valence-corrected chi connectivity index (χ1v) is 5.42. The molecule has 0 saturated heterocycles. The Morgan fingerprint density at radius 1 is 1.24 bits per heavy atom. The zero-order valence-corrected chi connectivity index (χ0v) is 8.99. The zero-order valence-electron chi connectivity index (χ0n) is 8.18. The molecule has 1 unspecified atom stereocenters. The molecule has 0 aliphatic rings. The molecule has 0 radical (unpaired) electrons. The molecule has 0 fully saturated rings. The van der Waals surface area contributed by atoms with Gasteiger partial charge in [-0.15, -0.1) is 0 Å². The second-order valence-corrected chi connectivity index (χ2v) is 4.22. The molecule has 0 heterocycles. The molecule has 0 aromatic heterocycles. The summed E-state index contributed by atoms with van der Waals surface area (Å²) >= 11 is 0. The maximum Gasteiger partial charge on any atom is 0.475 e. The van der Waals surface area contributed by atoms with Gasteiger partial charge in [-0.05, 0) is 23.8 Å². The third kappa shape index (κ3) is 3.99. The molecule has 17 heavy (non-hydrogen) atoms. The van der Waals surface area contributed by atoms with Crippen molar-refractivity contribution in [1.29, 1.82) is 0 Å². The summed E-state index contributed by atoms with van der Waals surface area (Å²) < 4.78 is 46.2. The van der Waals surface area contributed by atoms with Crippen molar-refractivity contribution >= 4 is 22.6 Å². The van der Waals surface area contributed by atoms with E-state index in [1.165, 1.54) is 12.1 Å². The predicted molar refractivity (Wildman–Crippen MR) is 56.3 cm³/mol. The van der Waals surface area contributed by atoms with Crippen LogP contribution in [0.4, 0.5) is 18.9 Å². The minimum absolute atomic E-state index is 0.168. The molecule has 1 rings (SSSR count). The first-order chi connectivity index (χ1) is 7.80. The second-order valence-electron chi connectivity index (χ2n) is 2.89. The Labute approximate surface area is 96.4 Å². The molecule has 0 aliphatic heterocycles. The van der Waals surface area contributed by atoms with Crippen molar-refractivity contribution in [3.8, 4) is 0 Å². The van der Waals surface area contributed by atoms with E-state index in [1.807, 2.05) is 0 Å². The molecule has 4 nitrogen and oxygen atoms in total. The van der Waals surface area contributed by atoms with Gasteiger partial charge in [0.25, 0.3) is 5.69 Å². The van der Waals surface area contributed by atoms with Gasteiger partial charge < -0.3 is 0 Å². The molecular formula is C9H6F3NO3S. The zero-order chi connectivity index (χ0) is 13.1. The molecule has 0 saturated carbocycles. The van der Waals surface area contributed by atoms with Crippen molar-refractivity contribution in [2.24, 2.45) is 0 Å². The molecule has 0 spiro atoms. The predicted octanol–water partition coefficient (Wildman–Crippen LogP) is 2.83. The Balaban J connectivity index is 2.80. The second kappa shape index (κ2) is 5.09. The molecule has 0 bridgehead atoms. The number of rotatable bonds is 3. The minimum atomic E-state index is -4.79. The van der Waals surface area contributed by atoms with Crippen LogP contribution >= 0.6 is 0 Å². The highest BCUT2D eigenvalue weighted by atomic mass is 32.2. The maximum absolute atomic E-state index is 11.9. The fraction of sp³-hybridized carbons (Fsp3) is 0.111. The summed E-state index contributed by atoms with van der Waals surface area (Å²) in [5.74, 6) is 0. The average molecular weight is 265 g/mol. The number of nitro benzene ring substituents is 1. The van der Waals surface area contributed by atoms with E-state index in [2.05, 4.69) is 0 Å². The lowest BCUT2D eigenvalue weighted by atomic mass is 10.2. The van der Waals surface area contributed by atoms with E-state index in [1.54, 1.807) is 0 Å². The average Bonchev–Trinajstić information content (AvgIpc) is 2.25. The van der Waals surface area contributed by atoms with Crippen LogP contribution in [0.3, 0.4) is 0 Å². The van der Waals surface area contributed by atoms with Crippen LogP contribution in [-0.4, -0.2) is 14.6 Å². The Morgan fingerprint density at radius 3 is 2.18 bits per heavy atom. The number of alkyl halides is 3. The molecule has 8 heteroatoms. The summed E-state index contributed by atoms with van der Waals surface area (Å²) in [4.78, 5) is 9.68. The Bertz CT molecular complexity index is 467. The summed E-state index contributed by atoms with van der Waals surface area (Å²) in [5, 5.41) is 10.8. The summed E-state index contributed by atoms with van der Waals surface area (Å²) in [6.45, 7) is 0. The van der Waals surface area contributed by atoms with Gasteiger partial charge in [-0.25, -0.2) is 4.21 Å². The lowest BCUT2D eigenvalue weighted by Gasteiger charge is -2.00. The molecule has 1 aromatic carbocycles. The van der Waals surface area contributed by atoms with Crippen molar-refractivity contribution in [3.63, 3.8) is 0 Å². The lowest BCUT2D eigenvalue weighted by Crippen LogP contribution is -2.13. The van der Waals surface area contributed by atoms with Crippen LogP contribution in [0.5, 0.6) is 0 Å². The van der Waals surface area contributed by atoms with Gasteiger partial charge in [-0.3, -0.25) is 10.1 Å². The van der Waals surface area contributed by atoms with Gasteiger partial charge in [0.15, 0.2) is 10.8 Å². The molecule has 0 N–H and O–H groups in total. The van der Waals surface area contributed by atoms with Gasteiger partial charge in [0.1, 0.15) is 0 Å². The van der Waals surface area contributed by atoms with Gasteiger partial charge in [0, 0.05) is 17.5 Å². The van der Waals surface area contributed by atoms with Crippen molar-refractivity contribution in [2.45, 2.75) is 5.51 Å². The molecule has 0 aliphatic carbocycles. The largest absolute Gasteiger partial charge is 0.475 e. The third-order valence-corrected chi connectivity index (χ3v) is 2.56. The smallest absolute Gasteiger partial charge is 0.258 e. The van der Waals surface area contributed by atoms with Crippen LogP contribution in [-0.2, 0) is 10.8 Å². The van der Waals surface area contributed by atoms with Crippen molar-refractivity contribution in [2.75, 3.05) is 0 Å². The first kappa shape index (κ1) is 13.4. The van der Waals surface area contributed by atoms with Crippen LogP contribution in [0, 0.1) is 10.1 Å². The molecule has 0 amide bonds. The van der Waals surface area contributed by atoms with E-state index < -0.39 is 21.2 Å². The van der Waals surface area contributed by atoms with Gasteiger partial charge in [0.05, 0.1) is 4.92 Å². The molecule has 1 atom stereocenters. The van der Waals surface area contributed by atoms with Crippen LogP contribution in [0.2, 0.25) is 0 Å². The van der Waals surface area contributed by atoms with Gasteiger partial charge in [0.2, 0.25) is 0 Å². The number of nitro groups is 1. The standard InChI is InChI=1S/C9H6F3NO3S/c10-9(11,12)17(16)6-5-7-1-3-8(4-2-7)13(14)15/h1-6H/b6-5+. The Hall–Kier alpha value is -1.70. The fourth-order valence-corrected chi connectivity index (χ4v) is 1.36. The normalized spacial score (nSPS) is 13.8. The Kier molecular flexibility index (Phi) is 4.00. The van der Waals surface area contributed by atoms with Crippen LogP contribution in [0.15, 0.2) is 29.7 Å². The third-order valence-electron chi connectivity index (χ3n) is 1.72. The monoisotopic (exact) mass is 265 g/mol. The highest BCUT2D eigenvalue weighted by Gasteiger charge is 2.34. The minimum Gasteiger partial charge on any atom is -0.258 e. The van der Waals surface area contributed by atoms with E-state index in [9.17, 15) is 27.5 Å². The number of non-ortho nitro benzene ring substituents is 1. The van der Waals surface area contributed by atoms with Crippen molar-refractivity contribution in [3.05, 3.63) is 45.4 Å². The van der Waals surface area contributed by atoms with Crippen LogP contribution in [0.25, 0.3) is 6.08 Å².